The molecule has 6 aromatic rings. The van der Waals surface area contributed by atoms with E-state index in [4.69, 9.17) is 32.7 Å². The topological polar surface area (TPSA) is 83.3 Å². The fourth-order valence-corrected chi connectivity index (χ4v) is 7.83. The van der Waals surface area contributed by atoms with Crippen molar-refractivity contribution in [3.05, 3.63) is 165 Å². The Kier molecular flexibility index (Phi) is 9.41. The number of rotatable bonds is 11. The summed E-state index contributed by atoms with van der Waals surface area (Å²) >= 11 is 12.7. The van der Waals surface area contributed by atoms with Crippen molar-refractivity contribution in [3.8, 4) is 17.2 Å². The standard InChI is InChI=1S/C38H27Cl2N3O4Se/c39-26-16-17-33(40)34(18-26)43-21-27(41-42-43)22-46-37-30(35(44)24-10-4-1-5-11-24)20-31(36(45)25-12-6-2-7-13-25)38-32(37)19-28(47-38)23-48-29-14-8-3-9-15-29/h1-18,20-21,28H,19,22-23H2. The van der Waals surface area contributed by atoms with Crippen molar-refractivity contribution in [2.75, 3.05) is 0 Å². The van der Waals surface area contributed by atoms with E-state index in [0.29, 0.717) is 61.6 Å². The van der Waals surface area contributed by atoms with E-state index in [1.54, 1.807) is 66.9 Å². The monoisotopic (exact) mass is 739 g/mol. The van der Waals surface area contributed by atoms with Crippen LogP contribution in [0.4, 0.5) is 0 Å². The predicted molar refractivity (Wildman–Crippen MR) is 187 cm³/mol. The van der Waals surface area contributed by atoms with Crippen LogP contribution in [0.5, 0.6) is 11.5 Å². The summed E-state index contributed by atoms with van der Waals surface area (Å²) in [5.74, 6) is 0.332. The van der Waals surface area contributed by atoms with Crippen molar-refractivity contribution in [3.63, 3.8) is 0 Å². The van der Waals surface area contributed by atoms with Crippen LogP contribution in [0, 0.1) is 0 Å². The van der Waals surface area contributed by atoms with Gasteiger partial charge in [0, 0.05) is 5.02 Å². The molecule has 0 radical (unpaired) electrons. The molecule has 7 rings (SSSR count). The first-order valence-electron chi connectivity index (χ1n) is 15.2. The van der Waals surface area contributed by atoms with Crippen molar-refractivity contribution in [2.24, 2.45) is 0 Å². The van der Waals surface area contributed by atoms with Crippen LogP contribution in [-0.2, 0) is 13.0 Å². The number of hydrogen-bond donors (Lipinski definition) is 0. The van der Waals surface area contributed by atoms with Gasteiger partial charge in [-0.1, -0.05) is 23.2 Å². The number of hydrogen-bond acceptors (Lipinski definition) is 6. The molecule has 0 saturated carbocycles. The Morgan fingerprint density at radius 1 is 0.833 bits per heavy atom. The van der Waals surface area contributed by atoms with Gasteiger partial charge in [0.25, 0.3) is 0 Å². The van der Waals surface area contributed by atoms with Crippen molar-refractivity contribution < 1.29 is 19.1 Å². The number of fused-ring (bicyclic) bond motifs is 1. The summed E-state index contributed by atoms with van der Waals surface area (Å²) in [6.45, 7) is 0.00426. The van der Waals surface area contributed by atoms with Crippen LogP contribution in [0.2, 0.25) is 15.4 Å². The Hall–Kier alpha value is -4.72. The van der Waals surface area contributed by atoms with E-state index in [-0.39, 0.29) is 44.8 Å². The summed E-state index contributed by atoms with van der Waals surface area (Å²) in [6, 6.07) is 35.0. The molecule has 48 heavy (non-hydrogen) atoms. The third-order valence-corrected chi connectivity index (χ3v) is 10.8. The zero-order valence-corrected chi connectivity index (χ0v) is 28.6. The molecule has 0 spiro atoms. The van der Waals surface area contributed by atoms with Gasteiger partial charge in [0.15, 0.2) is 0 Å². The quantitative estimate of drug-likeness (QED) is 0.102. The molecule has 5 aromatic carbocycles. The minimum atomic E-state index is -0.262. The molecular formula is C38H27Cl2N3O4Se. The zero-order valence-electron chi connectivity index (χ0n) is 25.4. The molecule has 0 aliphatic carbocycles. The Labute approximate surface area is 293 Å². The molecule has 7 nitrogen and oxygen atoms in total. The van der Waals surface area contributed by atoms with Crippen molar-refractivity contribution in [2.45, 2.75) is 24.5 Å². The second-order valence-corrected chi connectivity index (χ2v) is 14.2. The average molecular weight is 740 g/mol. The molecule has 1 aliphatic rings. The third kappa shape index (κ3) is 6.79. The first kappa shape index (κ1) is 31.9. The van der Waals surface area contributed by atoms with Gasteiger partial charge in [-0.05, 0) is 12.1 Å². The second kappa shape index (κ2) is 14.2. The van der Waals surface area contributed by atoms with Crippen LogP contribution < -0.4 is 13.9 Å². The van der Waals surface area contributed by atoms with Crippen LogP contribution in [0.15, 0.2) is 121 Å². The maximum atomic E-state index is 14.2. The number of aromatic nitrogens is 3. The van der Waals surface area contributed by atoms with Gasteiger partial charge in [0.05, 0.1) is 0 Å². The van der Waals surface area contributed by atoms with E-state index < -0.39 is 0 Å². The predicted octanol–water partition coefficient (Wildman–Crippen LogP) is 7.37. The summed E-state index contributed by atoms with van der Waals surface area (Å²) in [6.07, 6.45) is 1.98. The molecule has 0 bridgehead atoms. The van der Waals surface area contributed by atoms with Gasteiger partial charge < -0.3 is 0 Å². The van der Waals surface area contributed by atoms with E-state index >= 15 is 0 Å². The summed E-state index contributed by atoms with van der Waals surface area (Å²) in [4.78, 5) is 28.2. The fourth-order valence-electron chi connectivity index (χ4n) is 5.54. The molecule has 0 saturated heterocycles. The van der Waals surface area contributed by atoms with Gasteiger partial charge in [0.1, 0.15) is 0 Å². The van der Waals surface area contributed by atoms with Crippen molar-refractivity contribution in [1.29, 1.82) is 0 Å². The maximum absolute atomic E-state index is 14.2. The molecule has 0 amide bonds. The first-order valence-corrected chi connectivity index (χ1v) is 18.0. The van der Waals surface area contributed by atoms with Gasteiger partial charge in [-0.15, -0.1) is 0 Å². The molecule has 0 N–H and O–H groups in total. The minimum absolute atomic E-state index is 0.00426. The zero-order chi connectivity index (χ0) is 33.0. The number of ketones is 2. The molecular weight excluding hydrogens is 712 g/mol. The summed E-state index contributed by atoms with van der Waals surface area (Å²) in [5.41, 5.74) is 3.36. The molecule has 1 aromatic heterocycles. The molecule has 2 heterocycles. The van der Waals surface area contributed by atoms with E-state index in [9.17, 15) is 9.59 Å². The summed E-state index contributed by atoms with van der Waals surface area (Å²) in [5, 5.41) is 10.3. The summed E-state index contributed by atoms with van der Waals surface area (Å²) in [7, 11) is 0. The summed E-state index contributed by atoms with van der Waals surface area (Å²) < 4.78 is 15.8. The van der Waals surface area contributed by atoms with Gasteiger partial charge >= 0.3 is 255 Å². The number of carbonyl (C=O) groups excluding carboxylic acids is 2. The number of ether oxygens (including phenoxy) is 2. The Morgan fingerprint density at radius 2 is 1.48 bits per heavy atom. The Morgan fingerprint density at radius 3 is 2.17 bits per heavy atom. The Bertz CT molecular complexity index is 2110. The van der Waals surface area contributed by atoms with Gasteiger partial charge in [-0.2, -0.15) is 0 Å². The SMILES string of the molecule is O=C(c1ccccc1)c1cc(C(=O)c2ccccc2)c2c(c1OCc1cn(-c3cc(Cl)ccc3Cl)nn1)CC(C[Se]c1ccccc1)O2. The van der Waals surface area contributed by atoms with Crippen LogP contribution in [0.3, 0.4) is 0 Å². The van der Waals surface area contributed by atoms with Gasteiger partial charge in [-0.3, -0.25) is 0 Å². The van der Waals surface area contributed by atoms with Crippen molar-refractivity contribution >= 4 is 54.2 Å². The van der Waals surface area contributed by atoms with Gasteiger partial charge in [0.2, 0.25) is 0 Å². The normalized spacial score (nSPS) is 13.5. The molecule has 1 aliphatic heterocycles. The number of nitrogens with zero attached hydrogens (tertiary/aromatic N) is 3. The molecule has 1 atom stereocenters. The average Bonchev–Trinajstić information content (AvgIpc) is 3.79. The molecule has 0 fully saturated rings. The van der Waals surface area contributed by atoms with E-state index in [2.05, 4.69) is 22.4 Å². The van der Waals surface area contributed by atoms with E-state index in [0.717, 1.165) is 5.32 Å². The number of carbonyl (C=O) groups is 2. The van der Waals surface area contributed by atoms with Crippen LogP contribution in [0.25, 0.3) is 5.69 Å². The fraction of sp³-hybridized carbons (Fsp3) is 0.105. The van der Waals surface area contributed by atoms with E-state index in [1.807, 2.05) is 42.5 Å². The van der Waals surface area contributed by atoms with Crippen LogP contribution in [0.1, 0.15) is 43.1 Å². The van der Waals surface area contributed by atoms with Crippen molar-refractivity contribution in [1.82, 2.24) is 15.0 Å². The molecule has 1 unspecified atom stereocenters. The number of halogens is 2. The number of benzene rings is 5. The third-order valence-electron chi connectivity index (χ3n) is 7.84. The van der Waals surface area contributed by atoms with Crippen LogP contribution in [-0.4, -0.2) is 47.6 Å². The van der Waals surface area contributed by atoms with Crippen LogP contribution >= 0.6 is 23.2 Å². The van der Waals surface area contributed by atoms with E-state index in [1.165, 1.54) is 9.14 Å². The second-order valence-electron chi connectivity index (χ2n) is 11.1. The Balaban J connectivity index is 1.28. The first-order chi connectivity index (χ1) is 23.4. The molecule has 10 heteroatoms. The van der Waals surface area contributed by atoms with Gasteiger partial charge in [-0.25, -0.2) is 0 Å². The molecule has 238 valence electrons.